The van der Waals surface area contributed by atoms with Crippen LogP contribution in [-0.4, -0.2) is 44.9 Å². The first-order valence-corrected chi connectivity index (χ1v) is 10.3. The Labute approximate surface area is 172 Å². The van der Waals surface area contributed by atoms with Crippen LogP contribution in [0.2, 0.25) is 0 Å². The molecule has 1 N–H and O–H groups in total. The molecule has 2 aromatic heterocycles. The molecule has 29 heavy (non-hydrogen) atoms. The SMILES string of the molecule is CC(=O)c1csc(C2CCN(C(=O)c3c(-c4ccc(O)cc4)noc3C)CC2)n1. The van der Waals surface area contributed by atoms with Gasteiger partial charge in [-0.2, -0.15) is 0 Å². The van der Waals surface area contributed by atoms with Gasteiger partial charge in [0.2, 0.25) is 0 Å². The van der Waals surface area contributed by atoms with Crippen molar-refractivity contribution in [2.45, 2.75) is 32.6 Å². The van der Waals surface area contributed by atoms with Crippen LogP contribution in [0.4, 0.5) is 0 Å². The van der Waals surface area contributed by atoms with Gasteiger partial charge in [0.25, 0.3) is 5.91 Å². The highest BCUT2D eigenvalue weighted by Crippen LogP contribution is 2.33. The average molecular weight is 411 g/mol. The first-order chi connectivity index (χ1) is 13.9. The summed E-state index contributed by atoms with van der Waals surface area (Å²) >= 11 is 1.51. The first kappa shape index (κ1) is 19.3. The molecule has 1 amide bonds. The van der Waals surface area contributed by atoms with E-state index in [1.54, 1.807) is 36.6 Å². The van der Waals surface area contributed by atoms with E-state index in [4.69, 9.17) is 4.52 Å². The van der Waals surface area contributed by atoms with Gasteiger partial charge in [0, 0.05) is 36.9 Å². The van der Waals surface area contributed by atoms with Gasteiger partial charge in [0.1, 0.15) is 28.5 Å². The number of piperidine rings is 1. The van der Waals surface area contributed by atoms with Gasteiger partial charge in [0.15, 0.2) is 5.78 Å². The molecule has 0 aliphatic carbocycles. The largest absolute Gasteiger partial charge is 0.508 e. The molecule has 0 bridgehead atoms. The maximum Gasteiger partial charge on any atom is 0.259 e. The van der Waals surface area contributed by atoms with Crippen LogP contribution >= 0.6 is 11.3 Å². The highest BCUT2D eigenvalue weighted by Gasteiger charge is 2.30. The zero-order chi connectivity index (χ0) is 20.5. The molecule has 1 aliphatic rings. The minimum Gasteiger partial charge on any atom is -0.508 e. The molecular formula is C21H21N3O4S. The van der Waals surface area contributed by atoms with Crippen molar-refractivity contribution in [1.82, 2.24) is 15.0 Å². The van der Waals surface area contributed by atoms with Gasteiger partial charge in [-0.1, -0.05) is 5.16 Å². The lowest BCUT2D eigenvalue weighted by Gasteiger charge is -2.31. The maximum absolute atomic E-state index is 13.2. The third-order valence-corrected chi connectivity index (χ3v) is 6.24. The minimum absolute atomic E-state index is 0.0233. The van der Waals surface area contributed by atoms with Gasteiger partial charge in [-0.05, 0) is 44.0 Å². The first-order valence-electron chi connectivity index (χ1n) is 9.45. The zero-order valence-electron chi connectivity index (χ0n) is 16.2. The van der Waals surface area contributed by atoms with Crippen LogP contribution in [0.25, 0.3) is 11.3 Å². The van der Waals surface area contributed by atoms with Gasteiger partial charge in [0.05, 0.1) is 5.01 Å². The number of carbonyl (C=O) groups is 2. The van der Waals surface area contributed by atoms with Crippen molar-refractivity contribution in [3.05, 3.63) is 51.7 Å². The molecule has 0 atom stereocenters. The Kier molecular flexibility index (Phi) is 5.19. The monoisotopic (exact) mass is 411 g/mol. The second-order valence-corrected chi connectivity index (χ2v) is 8.09. The van der Waals surface area contributed by atoms with E-state index >= 15 is 0 Å². The number of amides is 1. The fourth-order valence-electron chi connectivity index (χ4n) is 3.56. The van der Waals surface area contributed by atoms with Crippen LogP contribution < -0.4 is 0 Å². The summed E-state index contributed by atoms with van der Waals surface area (Å²) in [6.45, 7) is 4.47. The standard InChI is InChI=1S/C21H21N3O4S/c1-12(25)17-11-29-20(22-17)15-7-9-24(10-8-15)21(27)18-13(2)28-23-19(18)14-3-5-16(26)6-4-14/h3-6,11,15,26H,7-10H2,1-2H3. The smallest absolute Gasteiger partial charge is 0.259 e. The van der Waals surface area contributed by atoms with Gasteiger partial charge in [-0.25, -0.2) is 4.98 Å². The van der Waals surface area contributed by atoms with Crippen LogP contribution in [0, 0.1) is 6.92 Å². The van der Waals surface area contributed by atoms with Crippen LogP contribution in [0.15, 0.2) is 34.2 Å². The van der Waals surface area contributed by atoms with Gasteiger partial charge in [-0.3, -0.25) is 9.59 Å². The number of hydrogen-bond acceptors (Lipinski definition) is 7. The number of hydrogen-bond donors (Lipinski definition) is 1. The lowest BCUT2D eigenvalue weighted by atomic mass is 9.96. The Morgan fingerprint density at radius 1 is 1.21 bits per heavy atom. The van der Waals surface area contributed by atoms with Crippen LogP contribution in [0.1, 0.15) is 57.3 Å². The molecule has 0 saturated carbocycles. The average Bonchev–Trinajstić information content (AvgIpc) is 3.36. The normalized spacial score (nSPS) is 14.9. The number of thiazole rings is 1. The fourth-order valence-corrected chi connectivity index (χ4v) is 4.60. The fraction of sp³-hybridized carbons (Fsp3) is 0.333. The number of benzene rings is 1. The molecule has 4 rings (SSSR count). The molecule has 3 heterocycles. The number of nitrogens with zero attached hydrogens (tertiary/aromatic N) is 3. The number of phenols is 1. The second kappa shape index (κ2) is 7.79. The van der Waals surface area contributed by atoms with Gasteiger partial charge < -0.3 is 14.5 Å². The molecule has 1 aliphatic heterocycles. The van der Waals surface area contributed by atoms with Crippen LogP contribution in [-0.2, 0) is 0 Å². The summed E-state index contributed by atoms with van der Waals surface area (Å²) in [6, 6.07) is 6.54. The number of ketones is 1. The van der Waals surface area contributed by atoms with Crippen molar-refractivity contribution in [2.75, 3.05) is 13.1 Å². The topological polar surface area (TPSA) is 96.5 Å². The third kappa shape index (κ3) is 3.80. The summed E-state index contributed by atoms with van der Waals surface area (Å²) in [4.78, 5) is 30.9. The number of aromatic hydroxyl groups is 1. The Balaban J connectivity index is 1.49. The molecule has 0 radical (unpaired) electrons. The van der Waals surface area contributed by atoms with Gasteiger partial charge in [-0.15, -0.1) is 11.3 Å². The molecule has 1 saturated heterocycles. The van der Waals surface area contributed by atoms with E-state index < -0.39 is 0 Å². The number of carbonyl (C=O) groups excluding carboxylic acids is 2. The highest BCUT2D eigenvalue weighted by atomic mass is 32.1. The molecule has 7 nitrogen and oxygen atoms in total. The summed E-state index contributed by atoms with van der Waals surface area (Å²) in [5.41, 5.74) is 2.18. The third-order valence-electron chi connectivity index (χ3n) is 5.23. The van der Waals surface area contributed by atoms with Crippen molar-refractivity contribution < 1.29 is 19.2 Å². The van der Waals surface area contributed by atoms with Crippen molar-refractivity contribution in [1.29, 1.82) is 0 Å². The summed E-state index contributed by atoms with van der Waals surface area (Å²) in [7, 11) is 0. The van der Waals surface area contributed by atoms with E-state index in [1.165, 1.54) is 18.3 Å². The quantitative estimate of drug-likeness (QED) is 0.651. The molecule has 1 fully saturated rings. The van der Waals surface area contributed by atoms with E-state index in [-0.39, 0.29) is 23.4 Å². The number of likely N-dealkylation sites (tertiary alicyclic amines) is 1. The summed E-state index contributed by atoms with van der Waals surface area (Å²) < 4.78 is 5.31. The summed E-state index contributed by atoms with van der Waals surface area (Å²) in [5.74, 6) is 0.765. The molecule has 150 valence electrons. The Morgan fingerprint density at radius 2 is 1.90 bits per heavy atom. The predicted molar refractivity (Wildman–Crippen MR) is 108 cm³/mol. The lowest BCUT2D eigenvalue weighted by molar-refractivity contribution is 0.0712. The molecule has 3 aromatic rings. The molecule has 8 heteroatoms. The highest BCUT2D eigenvalue weighted by molar-refractivity contribution is 7.09. The Hall–Kier alpha value is -3.00. The molecule has 0 spiro atoms. The number of Topliss-reactive ketones (excluding diaryl/α,β-unsaturated/α-hetero) is 1. The van der Waals surface area contributed by atoms with E-state index in [1.807, 2.05) is 4.90 Å². The van der Waals surface area contributed by atoms with E-state index in [0.717, 1.165) is 23.4 Å². The minimum atomic E-state index is -0.103. The predicted octanol–water partition coefficient (Wildman–Crippen LogP) is 4.03. The lowest BCUT2D eigenvalue weighted by Crippen LogP contribution is -2.38. The van der Waals surface area contributed by atoms with Gasteiger partial charge >= 0.3 is 0 Å². The second-order valence-electron chi connectivity index (χ2n) is 7.20. The number of aromatic nitrogens is 2. The molecule has 1 aromatic carbocycles. The number of aryl methyl sites for hydroxylation is 1. The Morgan fingerprint density at radius 3 is 2.52 bits per heavy atom. The summed E-state index contributed by atoms with van der Waals surface area (Å²) in [6.07, 6.45) is 1.60. The number of phenolic OH excluding ortho intramolecular Hbond substituents is 1. The Bertz CT molecular complexity index is 1050. The van der Waals surface area contributed by atoms with Crippen molar-refractivity contribution in [3.8, 4) is 17.0 Å². The van der Waals surface area contributed by atoms with Crippen LogP contribution in [0.5, 0.6) is 5.75 Å². The van der Waals surface area contributed by atoms with E-state index in [2.05, 4.69) is 10.1 Å². The molecular weight excluding hydrogens is 390 g/mol. The van der Waals surface area contributed by atoms with Crippen molar-refractivity contribution >= 4 is 23.0 Å². The van der Waals surface area contributed by atoms with E-state index in [9.17, 15) is 14.7 Å². The van der Waals surface area contributed by atoms with Crippen molar-refractivity contribution in [2.24, 2.45) is 0 Å². The molecule has 0 unspecified atom stereocenters. The maximum atomic E-state index is 13.2. The summed E-state index contributed by atoms with van der Waals surface area (Å²) in [5, 5.41) is 16.3. The zero-order valence-corrected chi connectivity index (χ0v) is 17.0. The van der Waals surface area contributed by atoms with Crippen LogP contribution in [0.3, 0.4) is 0 Å². The number of rotatable bonds is 4. The van der Waals surface area contributed by atoms with Crippen molar-refractivity contribution in [3.63, 3.8) is 0 Å². The van der Waals surface area contributed by atoms with E-state index in [0.29, 0.717) is 35.8 Å².